The largest absolute Gasteiger partial charge is 0.573 e. The van der Waals surface area contributed by atoms with Gasteiger partial charge in [-0.2, -0.15) is 18.4 Å². The second kappa shape index (κ2) is 5.75. The van der Waals surface area contributed by atoms with Crippen molar-refractivity contribution in [1.29, 1.82) is 5.26 Å². The number of hydrogen-bond donors (Lipinski definition) is 0. The van der Waals surface area contributed by atoms with E-state index in [1.54, 1.807) is 6.07 Å². The topological polar surface area (TPSA) is 45.9 Å². The van der Waals surface area contributed by atoms with E-state index in [2.05, 4.69) is 9.72 Å². The summed E-state index contributed by atoms with van der Waals surface area (Å²) in [4.78, 5) is 3.32. The van der Waals surface area contributed by atoms with Crippen LogP contribution in [0, 0.1) is 11.3 Å². The van der Waals surface area contributed by atoms with Gasteiger partial charge in [0.25, 0.3) is 0 Å². The molecule has 20 heavy (non-hydrogen) atoms. The number of rotatable bonds is 3. The van der Waals surface area contributed by atoms with Gasteiger partial charge in [-0.25, -0.2) is 0 Å². The molecule has 1 heterocycles. The van der Waals surface area contributed by atoms with Crippen LogP contribution in [0.2, 0.25) is 0 Å². The first kappa shape index (κ1) is 16.4. The third-order valence-corrected chi connectivity index (χ3v) is 2.39. The summed E-state index contributed by atoms with van der Waals surface area (Å²) in [5.41, 5.74) is -2.61. The van der Waals surface area contributed by atoms with E-state index in [9.17, 15) is 26.3 Å². The van der Waals surface area contributed by atoms with Crippen LogP contribution in [0.15, 0.2) is 6.20 Å². The molecule has 0 saturated carbocycles. The van der Waals surface area contributed by atoms with Gasteiger partial charge in [-0.3, -0.25) is 4.98 Å². The Balaban J connectivity index is 3.52. The zero-order chi connectivity index (χ0) is 15.6. The van der Waals surface area contributed by atoms with Crippen molar-refractivity contribution in [3.8, 4) is 11.8 Å². The molecule has 0 unspecified atom stereocenters. The number of halogens is 7. The predicted octanol–water partition coefficient (Wildman–Crippen LogP) is 3.80. The standard InChI is InChI=1S/C10H5ClF6N2O/c11-3-5-7(1-2-18)19-4-6(9(12,13)14)8(5)20-10(15,16)17/h4H,1,3H2. The smallest absolute Gasteiger partial charge is 0.405 e. The maximum Gasteiger partial charge on any atom is 0.573 e. The molecular formula is C10H5ClF6N2O. The van der Waals surface area contributed by atoms with Gasteiger partial charge in [0.15, 0.2) is 0 Å². The Labute approximate surface area is 113 Å². The van der Waals surface area contributed by atoms with E-state index < -0.39 is 41.7 Å². The first-order chi connectivity index (χ1) is 9.10. The number of hydrogen-bond acceptors (Lipinski definition) is 3. The summed E-state index contributed by atoms with van der Waals surface area (Å²) in [6, 6.07) is 1.57. The van der Waals surface area contributed by atoms with Crippen LogP contribution in [-0.4, -0.2) is 11.3 Å². The van der Waals surface area contributed by atoms with Crippen LogP contribution >= 0.6 is 11.6 Å². The Morgan fingerprint density at radius 2 is 1.85 bits per heavy atom. The Morgan fingerprint density at radius 1 is 1.25 bits per heavy atom. The average molecular weight is 319 g/mol. The van der Waals surface area contributed by atoms with Gasteiger partial charge in [0, 0.05) is 11.8 Å². The molecule has 1 rings (SSSR count). The van der Waals surface area contributed by atoms with Crippen LogP contribution in [0.1, 0.15) is 16.8 Å². The number of aromatic nitrogens is 1. The normalized spacial score (nSPS) is 12.1. The quantitative estimate of drug-likeness (QED) is 0.629. The van der Waals surface area contributed by atoms with Crippen LogP contribution in [0.3, 0.4) is 0 Å². The molecule has 0 atom stereocenters. The van der Waals surface area contributed by atoms with E-state index in [-0.39, 0.29) is 11.9 Å². The summed E-state index contributed by atoms with van der Waals surface area (Å²) in [6.45, 7) is 0. The summed E-state index contributed by atoms with van der Waals surface area (Å²) < 4.78 is 78.1. The third-order valence-electron chi connectivity index (χ3n) is 2.12. The molecule has 110 valence electrons. The van der Waals surface area contributed by atoms with E-state index >= 15 is 0 Å². The number of pyridine rings is 1. The molecule has 0 N–H and O–H groups in total. The molecule has 0 saturated heterocycles. The van der Waals surface area contributed by atoms with Crippen molar-refractivity contribution in [1.82, 2.24) is 4.98 Å². The highest BCUT2D eigenvalue weighted by Gasteiger charge is 2.41. The number of ether oxygens (including phenoxy) is 1. The SMILES string of the molecule is N#CCc1ncc(C(F)(F)F)c(OC(F)(F)F)c1CCl. The van der Waals surface area contributed by atoms with Gasteiger partial charge in [-0.15, -0.1) is 24.8 Å². The van der Waals surface area contributed by atoms with E-state index in [1.165, 1.54) is 0 Å². The van der Waals surface area contributed by atoms with Crippen molar-refractivity contribution in [3.63, 3.8) is 0 Å². The minimum Gasteiger partial charge on any atom is -0.405 e. The minimum absolute atomic E-state index is 0.184. The highest BCUT2D eigenvalue weighted by Crippen LogP contribution is 2.41. The van der Waals surface area contributed by atoms with Crippen molar-refractivity contribution in [2.45, 2.75) is 24.8 Å². The Kier molecular flexibility index (Phi) is 4.70. The van der Waals surface area contributed by atoms with Crippen molar-refractivity contribution in [2.75, 3.05) is 0 Å². The molecule has 1 aromatic rings. The van der Waals surface area contributed by atoms with Gasteiger partial charge in [0.2, 0.25) is 0 Å². The Hall–Kier alpha value is -1.69. The van der Waals surface area contributed by atoms with Gasteiger partial charge in [0.05, 0.1) is 24.1 Å². The molecule has 0 fully saturated rings. The molecule has 0 radical (unpaired) electrons. The highest BCUT2D eigenvalue weighted by atomic mass is 35.5. The van der Waals surface area contributed by atoms with Crippen molar-refractivity contribution >= 4 is 11.6 Å². The minimum atomic E-state index is -5.33. The van der Waals surface area contributed by atoms with Crippen molar-refractivity contribution in [3.05, 3.63) is 23.0 Å². The Bertz CT molecular complexity index is 534. The lowest BCUT2D eigenvalue weighted by molar-refractivity contribution is -0.276. The second-order valence-electron chi connectivity index (χ2n) is 3.44. The van der Waals surface area contributed by atoms with Gasteiger partial charge >= 0.3 is 12.5 Å². The molecule has 0 bridgehead atoms. The molecular weight excluding hydrogens is 314 g/mol. The molecule has 0 spiro atoms. The number of nitrogens with zero attached hydrogens (tertiary/aromatic N) is 2. The maximum atomic E-state index is 12.7. The van der Waals surface area contributed by atoms with E-state index in [4.69, 9.17) is 16.9 Å². The number of alkyl halides is 7. The third kappa shape index (κ3) is 3.90. The molecule has 0 aliphatic heterocycles. The second-order valence-corrected chi connectivity index (χ2v) is 3.71. The fourth-order valence-electron chi connectivity index (χ4n) is 1.37. The lowest BCUT2D eigenvalue weighted by Crippen LogP contribution is -2.22. The van der Waals surface area contributed by atoms with Crippen LogP contribution in [0.5, 0.6) is 5.75 Å². The summed E-state index contributed by atoms with van der Waals surface area (Å²) in [5.74, 6) is -2.18. The molecule has 0 aliphatic rings. The van der Waals surface area contributed by atoms with Gasteiger partial charge in [-0.1, -0.05) is 0 Å². The van der Waals surface area contributed by atoms with Gasteiger partial charge in [0.1, 0.15) is 11.3 Å². The summed E-state index contributed by atoms with van der Waals surface area (Å²) in [7, 11) is 0. The van der Waals surface area contributed by atoms with E-state index in [0.29, 0.717) is 0 Å². The summed E-state index contributed by atoms with van der Waals surface area (Å²) >= 11 is 5.36. The predicted molar refractivity (Wildman–Crippen MR) is 54.8 cm³/mol. The zero-order valence-corrected chi connectivity index (χ0v) is 10.2. The van der Waals surface area contributed by atoms with Crippen molar-refractivity contribution in [2.24, 2.45) is 0 Å². The summed E-state index contributed by atoms with van der Waals surface area (Å²) in [6.07, 6.45) is -10.7. The van der Waals surface area contributed by atoms with Crippen LogP contribution in [0.25, 0.3) is 0 Å². The molecule has 0 aliphatic carbocycles. The summed E-state index contributed by atoms with van der Waals surface area (Å²) in [5, 5.41) is 8.47. The lowest BCUT2D eigenvalue weighted by atomic mass is 10.1. The first-order valence-corrected chi connectivity index (χ1v) is 5.40. The number of nitriles is 1. The lowest BCUT2D eigenvalue weighted by Gasteiger charge is -2.19. The monoisotopic (exact) mass is 318 g/mol. The van der Waals surface area contributed by atoms with Crippen molar-refractivity contribution < 1.29 is 31.1 Å². The van der Waals surface area contributed by atoms with Gasteiger partial charge in [-0.05, 0) is 0 Å². The molecule has 1 aromatic heterocycles. The fraction of sp³-hybridized carbons (Fsp3) is 0.400. The van der Waals surface area contributed by atoms with E-state index in [0.717, 1.165) is 0 Å². The van der Waals surface area contributed by atoms with Crippen LogP contribution < -0.4 is 4.74 Å². The van der Waals surface area contributed by atoms with Gasteiger partial charge < -0.3 is 4.74 Å². The zero-order valence-electron chi connectivity index (χ0n) is 9.44. The average Bonchev–Trinajstić information content (AvgIpc) is 2.26. The molecule has 3 nitrogen and oxygen atoms in total. The van der Waals surface area contributed by atoms with Crippen LogP contribution in [-0.2, 0) is 18.5 Å². The maximum absolute atomic E-state index is 12.7. The first-order valence-electron chi connectivity index (χ1n) is 4.86. The Morgan fingerprint density at radius 3 is 2.25 bits per heavy atom. The van der Waals surface area contributed by atoms with E-state index in [1.807, 2.05) is 0 Å². The fourth-order valence-corrected chi connectivity index (χ4v) is 1.65. The molecule has 10 heteroatoms. The highest BCUT2D eigenvalue weighted by molar-refractivity contribution is 6.17. The van der Waals surface area contributed by atoms with Crippen LogP contribution in [0.4, 0.5) is 26.3 Å². The molecule has 0 aromatic carbocycles. The molecule has 0 amide bonds.